The van der Waals surface area contributed by atoms with Crippen molar-refractivity contribution < 1.29 is 13.5 Å². The first-order valence-electron chi connectivity index (χ1n) is 7.47. The summed E-state index contributed by atoms with van der Waals surface area (Å²) < 4.78 is 24.0. The monoisotopic (exact) mass is 334 g/mol. The molecular formula is C17H22N2O3S. The summed E-state index contributed by atoms with van der Waals surface area (Å²) in [5.41, 5.74) is 2.16. The fourth-order valence-corrected chi connectivity index (χ4v) is 3.39. The standard InChI is InChI=1S/C17H22N2O3S/c1-11(2)15-8-13(9-16(12(3)4)17(15)20)7-14(10-19)23(21,22)6-5-18/h8-9,11-12,14,20H,6-7H2,1-4H3. The molecule has 0 aliphatic heterocycles. The Hall–Kier alpha value is -2.05. The van der Waals surface area contributed by atoms with Gasteiger partial charge in [-0.25, -0.2) is 8.42 Å². The normalized spacial score (nSPS) is 12.9. The lowest BCUT2D eigenvalue weighted by Crippen LogP contribution is -2.24. The molecule has 1 aromatic carbocycles. The van der Waals surface area contributed by atoms with Crippen molar-refractivity contribution in [2.24, 2.45) is 0 Å². The van der Waals surface area contributed by atoms with Crippen LogP contribution < -0.4 is 0 Å². The number of hydrogen-bond donors (Lipinski definition) is 1. The molecule has 23 heavy (non-hydrogen) atoms. The van der Waals surface area contributed by atoms with E-state index in [9.17, 15) is 18.8 Å². The van der Waals surface area contributed by atoms with Crippen LogP contribution in [0.2, 0.25) is 0 Å². The van der Waals surface area contributed by atoms with Crippen LogP contribution in [0, 0.1) is 22.7 Å². The Bertz CT molecular complexity index is 724. The zero-order valence-corrected chi connectivity index (χ0v) is 14.7. The van der Waals surface area contributed by atoms with E-state index in [4.69, 9.17) is 5.26 Å². The van der Waals surface area contributed by atoms with Crippen molar-refractivity contribution in [2.45, 2.75) is 51.2 Å². The summed E-state index contributed by atoms with van der Waals surface area (Å²) in [7, 11) is -3.78. The molecule has 5 nitrogen and oxygen atoms in total. The van der Waals surface area contributed by atoms with E-state index in [1.54, 1.807) is 24.3 Å². The largest absolute Gasteiger partial charge is 0.507 e. The van der Waals surface area contributed by atoms with Crippen molar-refractivity contribution in [3.8, 4) is 17.9 Å². The third kappa shape index (κ3) is 4.46. The lowest BCUT2D eigenvalue weighted by molar-refractivity contribution is 0.454. The van der Waals surface area contributed by atoms with E-state index < -0.39 is 20.8 Å². The average molecular weight is 334 g/mol. The lowest BCUT2D eigenvalue weighted by Gasteiger charge is -2.18. The minimum atomic E-state index is -3.78. The maximum absolute atomic E-state index is 12.0. The van der Waals surface area contributed by atoms with Crippen LogP contribution in [0.1, 0.15) is 56.2 Å². The summed E-state index contributed by atoms with van der Waals surface area (Å²) in [4.78, 5) is 0. The van der Waals surface area contributed by atoms with E-state index in [0.29, 0.717) is 5.56 Å². The highest BCUT2D eigenvalue weighted by atomic mass is 32.2. The van der Waals surface area contributed by atoms with Crippen molar-refractivity contribution in [3.63, 3.8) is 0 Å². The molecule has 0 spiro atoms. The van der Waals surface area contributed by atoms with Gasteiger partial charge in [-0.05, 0) is 28.5 Å². The predicted octanol–water partition coefficient (Wildman–Crippen LogP) is 3.01. The van der Waals surface area contributed by atoms with Crippen LogP contribution in [0.5, 0.6) is 5.75 Å². The number of sulfone groups is 1. The Morgan fingerprint density at radius 1 is 1.09 bits per heavy atom. The minimum absolute atomic E-state index is 0.0141. The first-order valence-corrected chi connectivity index (χ1v) is 9.19. The smallest absolute Gasteiger partial charge is 0.180 e. The maximum Gasteiger partial charge on any atom is 0.180 e. The van der Waals surface area contributed by atoms with Crippen molar-refractivity contribution in [1.82, 2.24) is 0 Å². The minimum Gasteiger partial charge on any atom is -0.507 e. The number of nitrogens with zero attached hydrogens (tertiary/aromatic N) is 2. The second-order valence-corrected chi connectivity index (χ2v) is 8.40. The molecule has 0 saturated carbocycles. The van der Waals surface area contributed by atoms with Gasteiger partial charge in [0.2, 0.25) is 0 Å². The molecule has 0 bridgehead atoms. The van der Waals surface area contributed by atoms with E-state index in [-0.39, 0.29) is 24.0 Å². The predicted molar refractivity (Wildman–Crippen MR) is 88.8 cm³/mol. The van der Waals surface area contributed by atoms with Crippen LogP contribution in [0.15, 0.2) is 12.1 Å². The summed E-state index contributed by atoms with van der Waals surface area (Å²) in [5, 5.41) is 26.9. The fourth-order valence-electron chi connectivity index (χ4n) is 2.40. The molecule has 0 amide bonds. The first-order chi connectivity index (χ1) is 10.6. The number of benzene rings is 1. The molecule has 0 fully saturated rings. The lowest BCUT2D eigenvalue weighted by atomic mass is 9.90. The van der Waals surface area contributed by atoms with Crippen molar-refractivity contribution >= 4 is 9.84 Å². The molecule has 0 radical (unpaired) electrons. The maximum atomic E-state index is 12.0. The molecule has 1 unspecified atom stereocenters. The van der Waals surface area contributed by atoms with Crippen LogP contribution in [-0.2, 0) is 16.3 Å². The van der Waals surface area contributed by atoms with Gasteiger partial charge in [0, 0.05) is 6.42 Å². The summed E-state index contributed by atoms with van der Waals surface area (Å²) in [6, 6.07) is 6.88. The van der Waals surface area contributed by atoms with Gasteiger partial charge < -0.3 is 5.11 Å². The Balaban J connectivity index is 3.34. The zero-order chi connectivity index (χ0) is 17.8. The SMILES string of the molecule is CC(C)c1cc(CC(C#N)S(=O)(=O)CC#N)cc(C(C)C)c1O. The molecule has 6 heteroatoms. The van der Waals surface area contributed by atoms with Crippen molar-refractivity contribution in [3.05, 3.63) is 28.8 Å². The number of phenolic OH excluding ortho intramolecular Hbond substituents is 1. The highest BCUT2D eigenvalue weighted by molar-refractivity contribution is 7.92. The first kappa shape index (κ1) is 19.0. The van der Waals surface area contributed by atoms with Gasteiger partial charge in [0.1, 0.15) is 11.5 Å². The van der Waals surface area contributed by atoms with Crippen LogP contribution in [0.3, 0.4) is 0 Å². The molecule has 124 valence electrons. The molecule has 0 saturated heterocycles. The zero-order valence-electron chi connectivity index (χ0n) is 13.9. The molecule has 1 rings (SSSR count). The second kappa shape index (κ2) is 7.48. The summed E-state index contributed by atoms with van der Waals surface area (Å²) in [6.07, 6.45) is 0.0141. The molecule has 0 heterocycles. The summed E-state index contributed by atoms with van der Waals surface area (Å²) in [5.74, 6) is -0.295. The van der Waals surface area contributed by atoms with Crippen LogP contribution in [0.4, 0.5) is 0 Å². The number of hydrogen-bond acceptors (Lipinski definition) is 5. The number of aromatic hydroxyl groups is 1. The van der Waals surface area contributed by atoms with Crippen LogP contribution in [-0.4, -0.2) is 24.5 Å². The van der Waals surface area contributed by atoms with Gasteiger partial charge in [-0.1, -0.05) is 39.8 Å². The van der Waals surface area contributed by atoms with Gasteiger partial charge in [0.15, 0.2) is 15.1 Å². The highest BCUT2D eigenvalue weighted by Crippen LogP contribution is 2.35. The molecular weight excluding hydrogens is 312 g/mol. The topological polar surface area (TPSA) is 102 Å². The molecule has 0 aromatic heterocycles. The average Bonchev–Trinajstić information content (AvgIpc) is 2.44. The third-order valence-electron chi connectivity index (χ3n) is 3.74. The Morgan fingerprint density at radius 2 is 1.57 bits per heavy atom. The van der Waals surface area contributed by atoms with Gasteiger partial charge in [-0.15, -0.1) is 0 Å². The van der Waals surface area contributed by atoms with E-state index in [1.165, 1.54) is 0 Å². The van der Waals surface area contributed by atoms with Crippen molar-refractivity contribution in [2.75, 3.05) is 5.75 Å². The highest BCUT2D eigenvalue weighted by Gasteiger charge is 2.26. The number of nitriles is 2. The van der Waals surface area contributed by atoms with Crippen LogP contribution in [0.25, 0.3) is 0 Å². The summed E-state index contributed by atoms with van der Waals surface area (Å²) >= 11 is 0. The molecule has 1 N–H and O–H groups in total. The van der Waals surface area contributed by atoms with E-state index >= 15 is 0 Å². The van der Waals surface area contributed by atoms with Gasteiger partial charge in [0.05, 0.1) is 12.1 Å². The van der Waals surface area contributed by atoms with Crippen LogP contribution >= 0.6 is 0 Å². The number of rotatable bonds is 6. The fraction of sp³-hybridized carbons (Fsp3) is 0.529. The van der Waals surface area contributed by atoms with Crippen molar-refractivity contribution in [1.29, 1.82) is 10.5 Å². The Morgan fingerprint density at radius 3 is 1.91 bits per heavy atom. The van der Waals surface area contributed by atoms with Gasteiger partial charge in [0.25, 0.3) is 0 Å². The third-order valence-corrected chi connectivity index (χ3v) is 5.41. The van der Waals surface area contributed by atoms with E-state index in [2.05, 4.69) is 0 Å². The van der Waals surface area contributed by atoms with E-state index in [0.717, 1.165) is 11.1 Å². The summed E-state index contributed by atoms with van der Waals surface area (Å²) in [6.45, 7) is 7.77. The van der Waals surface area contributed by atoms with Gasteiger partial charge in [-0.3, -0.25) is 0 Å². The Labute approximate surface area is 138 Å². The second-order valence-electron chi connectivity index (χ2n) is 6.22. The molecule has 1 aromatic rings. The molecule has 0 aliphatic rings. The van der Waals surface area contributed by atoms with Gasteiger partial charge >= 0.3 is 0 Å². The number of phenols is 1. The Kier molecular flexibility index (Phi) is 6.18. The molecule has 1 atom stereocenters. The van der Waals surface area contributed by atoms with Gasteiger partial charge in [-0.2, -0.15) is 10.5 Å². The quantitative estimate of drug-likeness (QED) is 0.861. The van der Waals surface area contributed by atoms with E-state index in [1.807, 2.05) is 27.7 Å². The molecule has 0 aliphatic carbocycles.